The van der Waals surface area contributed by atoms with Gasteiger partial charge < -0.3 is 0 Å². The van der Waals surface area contributed by atoms with Gasteiger partial charge in [0.15, 0.2) is 5.78 Å². The van der Waals surface area contributed by atoms with E-state index < -0.39 is 0 Å². The summed E-state index contributed by atoms with van der Waals surface area (Å²) in [6.45, 7) is 0. The molecule has 0 unspecified atom stereocenters. The van der Waals surface area contributed by atoms with Gasteiger partial charge in [0.1, 0.15) is 0 Å². The number of benzene rings is 2. The van der Waals surface area contributed by atoms with Gasteiger partial charge in [-0.2, -0.15) is 0 Å². The first-order chi connectivity index (χ1) is 10.1. The summed E-state index contributed by atoms with van der Waals surface area (Å²) >= 11 is 11.8. The fourth-order valence-electron chi connectivity index (χ4n) is 2.15. The molecule has 1 aromatic heterocycles. The second-order valence-electron chi connectivity index (χ2n) is 4.58. The lowest BCUT2D eigenvalue weighted by atomic mass is 10.0. The molecule has 0 aliphatic heterocycles. The second kappa shape index (κ2) is 5.80. The third kappa shape index (κ3) is 2.89. The Hall–Kier alpha value is -1.97. The molecule has 0 fully saturated rings. The number of hydrogen-bond acceptors (Lipinski definition) is 3. The van der Waals surface area contributed by atoms with Crippen molar-refractivity contribution in [2.45, 2.75) is 6.42 Å². The van der Waals surface area contributed by atoms with Gasteiger partial charge in [0.05, 0.1) is 21.1 Å². The van der Waals surface area contributed by atoms with E-state index in [0.29, 0.717) is 26.6 Å². The summed E-state index contributed by atoms with van der Waals surface area (Å²) in [6, 6.07) is 10.6. The van der Waals surface area contributed by atoms with Gasteiger partial charge in [-0.15, -0.1) is 0 Å². The normalized spacial score (nSPS) is 10.8. The minimum absolute atomic E-state index is 0.0283. The Balaban J connectivity index is 1.95. The van der Waals surface area contributed by atoms with Gasteiger partial charge in [0.2, 0.25) is 0 Å². The molecule has 0 saturated heterocycles. The number of nitrogens with zero attached hydrogens (tertiary/aromatic N) is 2. The first-order valence-electron chi connectivity index (χ1n) is 6.32. The van der Waals surface area contributed by atoms with Crippen LogP contribution in [0.1, 0.15) is 15.9 Å². The van der Waals surface area contributed by atoms with Gasteiger partial charge in [0, 0.05) is 24.4 Å². The van der Waals surface area contributed by atoms with Crippen molar-refractivity contribution >= 4 is 40.0 Å². The summed E-state index contributed by atoms with van der Waals surface area (Å²) in [6.07, 6.45) is 3.43. The Morgan fingerprint density at radius 2 is 1.81 bits per heavy atom. The third-order valence-corrected chi connectivity index (χ3v) is 3.89. The van der Waals surface area contributed by atoms with Crippen LogP contribution in [-0.2, 0) is 6.42 Å². The fraction of sp³-hybridized carbons (Fsp3) is 0.0625. The predicted molar refractivity (Wildman–Crippen MR) is 84.0 cm³/mol. The van der Waals surface area contributed by atoms with E-state index in [1.807, 2.05) is 6.07 Å². The van der Waals surface area contributed by atoms with Crippen molar-refractivity contribution in [3.05, 3.63) is 70.0 Å². The van der Waals surface area contributed by atoms with E-state index in [4.69, 9.17) is 23.2 Å². The Bertz CT molecular complexity index is 828. The number of hydrogen-bond donors (Lipinski definition) is 0. The van der Waals surface area contributed by atoms with E-state index in [0.717, 1.165) is 5.56 Å². The summed E-state index contributed by atoms with van der Waals surface area (Å²) in [4.78, 5) is 20.9. The molecule has 3 aromatic rings. The zero-order chi connectivity index (χ0) is 14.8. The van der Waals surface area contributed by atoms with Crippen molar-refractivity contribution in [3.63, 3.8) is 0 Å². The minimum atomic E-state index is -0.0283. The first-order valence-corrected chi connectivity index (χ1v) is 7.07. The van der Waals surface area contributed by atoms with Crippen molar-refractivity contribution in [1.82, 2.24) is 9.97 Å². The molecule has 0 bridgehead atoms. The van der Waals surface area contributed by atoms with Crippen LogP contribution in [0.2, 0.25) is 10.0 Å². The first kappa shape index (κ1) is 14.0. The number of halogens is 2. The molecule has 0 aliphatic rings. The summed E-state index contributed by atoms with van der Waals surface area (Å²) in [5, 5.41) is 0.920. The van der Waals surface area contributed by atoms with E-state index in [9.17, 15) is 4.79 Å². The highest BCUT2D eigenvalue weighted by Crippen LogP contribution is 2.24. The molecule has 21 heavy (non-hydrogen) atoms. The standard InChI is InChI=1S/C16H10Cl2N2O/c17-12-5-4-10(8-13(12)18)9-15(21)11-2-1-3-14-16(11)20-7-6-19-14/h1-8H,9H2. The Morgan fingerprint density at radius 1 is 1.00 bits per heavy atom. The molecule has 0 atom stereocenters. The van der Waals surface area contributed by atoms with Crippen LogP contribution in [-0.4, -0.2) is 15.8 Å². The lowest BCUT2D eigenvalue weighted by Gasteiger charge is -2.05. The fourth-order valence-corrected chi connectivity index (χ4v) is 2.47. The molecule has 2 aromatic carbocycles. The Kier molecular flexibility index (Phi) is 3.86. The minimum Gasteiger partial charge on any atom is -0.294 e. The van der Waals surface area contributed by atoms with Crippen molar-refractivity contribution in [2.24, 2.45) is 0 Å². The molecule has 0 spiro atoms. The van der Waals surface area contributed by atoms with E-state index in [2.05, 4.69) is 9.97 Å². The monoisotopic (exact) mass is 316 g/mol. The summed E-state index contributed by atoms with van der Waals surface area (Å²) in [7, 11) is 0. The molecule has 1 heterocycles. The predicted octanol–water partition coefficient (Wildman–Crippen LogP) is 4.36. The van der Waals surface area contributed by atoms with Crippen LogP contribution >= 0.6 is 23.2 Å². The van der Waals surface area contributed by atoms with Crippen molar-refractivity contribution < 1.29 is 4.79 Å². The highest BCUT2D eigenvalue weighted by atomic mass is 35.5. The van der Waals surface area contributed by atoms with Crippen molar-refractivity contribution in [2.75, 3.05) is 0 Å². The Morgan fingerprint density at radius 3 is 2.62 bits per heavy atom. The maximum atomic E-state index is 12.5. The van der Waals surface area contributed by atoms with Gasteiger partial charge in [-0.1, -0.05) is 35.3 Å². The molecule has 0 radical (unpaired) electrons. The molecular formula is C16H10Cl2N2O. The van der Waals surface area contributed by atoms with Crippen LogP contribution < -0.4 is 0 Å². The lowest BCUT2D eigenvalue weighted by Crippen LogP contribution is -2.05. The molecule has 3 nitrogen and oxygen atoms in total. The van der Waals surface area contributed by atoms with Crippen molar-refractivity contribution in [3.8, 4) is 0 Å². The number of ketones is 1. The van der Waals surface area contributed by atoms with Crippen LogP contribution in [0.25, 0.3) is 11.0 Å². The molecule has 0 amide bonds. The number of aromatic nitrogens is 2. The number of carbonyl (C=O) groups is 1. The zero-order valence-corrected chi connectivity index (χ0v) is 12.4. The number of Topliss-reactive ketones (excluding diaryl/α,β-unsaturated/α-hetero) is 1. The van der Waals surface area contributed by atoms with Crippen molar-refractivity contribution in [1.29, 1.82) is 0 Å². The molecule has 0 saturated carbocycles. The van der Waals surface area contributed by atoms with Crippen LogP contribution in [0.15, 0.2) is 48.8 Å². The quantitative estimate of drug-likeness (QED) is 0.674. The summed E-state index contributed by atoms with van der Waals surface area (Å²) in [5.41, 5.74) is 2.70. The average molecular weight is 317 g/mol. The SMILES string of the molecule is O=C(Cc1ccc(Cl)c(Cl)c1)c1cccc2nccnc12. The summed E-state index contributed by atoms with van der Waals surface area (Å²) in [5.74, 6) is -0.0283. The van der Waals surface area contributed by atoms with Gasteiger partial charge in [-0.25, -0.2) is 0 Å². The molecule has 0 aliphatic carbocycles. The highest BCUT2D eigenvalue weighted by Gasteiger charge is 2.12. The van der Waals surface area contributed by atoms with Crippen LogP contribution in [0.3, 0.4) is 0 Å². The van der Waals surface area contributed by atoms with Crippen LogP contribution in [0.5, 0.6) is 0 Å². The molecule has 104 valence electrons. The largest absolute Gasteiger partial charge is 0.294 e. The van der Waals surface area contributed by atoms with Gasteiger partial charge >= 0.3 is 0 Å². The van der Waals surface area contributed by atoms with E-state index in [1.165, 1.54) is 0 Å². The smallest absolute Gasteiger partial charge is 0.169 e. The van der Waals surface area contributed by atoms with E-state index >= 15 is 0 Å². The Labute approximate surface area is 131 Å². The molecule has 0 N–H and O–H groups in total. The van der Waals surface area contributed by atoms with E-state index in [-0.39, 0.29) is 12.2 Å². The van der Waals surface area contributed by atoms with Gasteiger partial charge in [0.25, 0.3) is 0 Å². The van der Waals surface area contributed by atoms with E-state index in [1.54, 1.807) is 42.7 Å². The zero-order valence-electron chi connectivity index (χ0n) is 10.9. The summed E-state index contributed by atoms with van der Waals surface area (Å²) < 4.78 is 0. The highest BCUT2D eigenvalue weighted by molar-refractivity contribution is 6.42. The molecular weight excluding hydrogens is 307 g/mol. The van der Waals surface area contributed by atoms with Gasteiger partial charge in [-0.3, -0.25) is 14.8 Å². The molecule has 3 rings (SSSR count). The number of carbonyl (C=O) groups excluding carboxylic acids is 1. The molecule has 5 heteroatoms. The maximum Gasteiger partial charge on any atom is 0.169 e. The maximum absolute atomic E-state index is 12.5. The second-order valence-corrected chi connectivity index (χ2v) is 5.39. The van der Waals surface area contributed by atoms with Crippen LogP contribution in [0.4, 0.5) is 0 Å². The number of fused-ring (bicyclic) bond motifs is 1. The lowest BCUT2D eigenvalue weighted by molar-refractivity contribution is 0.0994. The number of para-hydroxylation sites is 1. The third-order valence-electron chi connectivity index (χ3n) is 3.15. The average Bonchev–Trinajstić information content (AvgIpc) is 2.50. The topological polar surface area (TPSA) is 42.9 Å². The van der Waals surface area contributed by atoms with Gasteiger partial charge in [-0.05, 0) is 29.8 Å². The number of rotatable bonds is 3. The van der Waals surface area contributed by atoms with Crippen LogP contribution in [0, 0.1) is 0 Å².